The molecule has 0 aromatic heterocycles. The van der Waals surface area contributed by atoms with Crippen molar-refractivity contribution in [3.8, 4) is 0 Å². The van der Waals surface area contributed by atoms with E-state index in [1.54, 1.807) is 0 Å². The van der Waals surface area contributed by atoms with Crippen molar-refractivity contribution in [3.05, 3.63) is 0 Å². The maximum Gasteiger partial charge on any atom is 0.492 e. The molecule has 0 saturated heterocycles. The van der Waals surface area contributed by atoms with Crippen molar-refractivity contribution in [2.24, 2.45) is 5.92 Å². The molecule has 0 saturated carbocycles. The average Bonchev–Trinajstić information content (AvgIpc) is 2.26. The van der Waals surface area contributed by atoms with Crippen LogP contribution in [0, 0.1) is 5.92 Å². The molecule has 0 bridgehead atoms. The van der Waals surface area contributed by atoms with Gasteiger partial charge in [0.2, 0.25) is 0 Å². The lowest BCUT2D eigenvalue weighted by molar-refractivity contribution is 0.164. The van der Waals surface area contributed by atoms with E-state index in [2.05, 4.69) is 27.0 Å². The molecule has 4 N–H and O–H groups in total. The smallest absolute Gasteiger partial charge is 0.302 e. The number of hydrogen-bond acceptors (Lipinski definition) is 6. The van der Waals surface area contributed by atoms with Gasteiger partial charge in [-0.05, 0) is 12.3 Å². The highest BCUT2D eigenvalue weighted by molar-refractivity contribution is 7.66. The minimum Gasteiger partial charge on any atom is -0.302 e. The monoisotopic (exact) mass is 398 g/mol. The molecule has 0 aliphatic rings. The molecular weight excluding hydrogens is 373 g/mol. The number of hydrogen-bond donors (Lipinski definition) is 4. The van der Waals surface area contributed by atoms with Crippen LogP contribution in [0.25, 0.3) is 0 Å². The first-order valence-corrected chi connectivity index (χ1v) is 11.6. The first-order chi connectivity index (χ1) is 10.3. The zero-order valence-corrected chi connectivity index (χ0v) is 15.8. The van der Waals surface area contributed by atoms with Gasteiger partial charge in [0.15, 0.2) is 0 Å². The standard InChI is InChI=1S/C10H25O10P3/c1-10(2)8-6-4-3-5-7-9-18-23(17,19-21(11,12)13)20-22(14,15)16/h10H,3-9H2,1-2H3,(H2,11,12,13)(H2,14,15,16). The second kappa shape index (κ2) is 10.4. The Bertz CT molecular complexity index is 440. The Morgan fingerprint density at radius 1 is 0.783 bits per heavy atom. The third kappa shape index (κ3) is 15.7. The van der Waals surface area contributed by atoms with Crippen LogP contribution in [0.5, 0.6) is 0 Å². The van der Waals surface area contributed by atoms with Crippen LogP contribution < -0.4 is 0 Å². The van der Waals surface area contributed by atoms with E-state index >= 15 is 0 Å². The largest absolute Gasteiger partial charge is 0.492 e. The second-order valence-corrected chi connectivity index (χ2v) is 9.80. The van der Waals surface area contributed by atoms with Crippen molar-refractivity contribution in [1.29, 1.82) is 0 Å². The summed E-state index contributed by atoms with van der Waals surface area (Å²) < 4.78 is 45.2. The second-order valence-electron chi connectivity index (χ2n) is 5.38. The lowest BCUT2D eigenvalue weighted by atomic mass is 10.0. The van der Waals surface area contributed by atoms with Gasteiger partial charge in [0, 0.05) is 0 Å². The summed E-state index contributed by atoms with van der Waals surface area (Å²) in [5.74, 6) is 0.638. The topological polar surface area (TPSA) is 160 Å². The highest BCUT2D eigenvalue weighted by Gasteiger charge is 2.41. The van der Waals surface area contributed by atoms with Gasteiger partial charge in [-0.25, -0.2) is 13.7 Å². The molecule has 0 rings (SSSR count). The van der Waals surface area contributed by atoms with Crippen molar-refractivity contribution in [3.63, 3.8) is 0 Å². The number of rotatable bonds is 13. The molecule has 23 heavy (non-hydrogen) atoms. The van der Waals surface area contributed by atoms with E-state index in [9.17, 15) is 13.7 Å². The van der Waals surface area contributed by atoms with Crippen LogP contribution in [0.3, 0.4) is 0 Å². The van der Waals surface area contributed by atoms with E-state index in [1.807, 2.05) is 0 Å². The van der Waals surface area contributed by atoms with Gasteiger partial charge in [-0.2, -0.15) is 8.62 Å². The molecule has 0 aromatic rings. The van der Waals surface area contributed by atoms with Gasteiger partial charge in [-0.15, -0.1) is 0 Å². The minimum absolute atomic E-state index is 0.276. The highest BCUT2D eigenvalue weighted by Crippen LogP contribution is 2.67. The van der Waals surface area contributed by atoms with E-state index in [0.29, 0.717) is 18.8 Å². The Morgan fingerprint density at radius 3 is 1.65 bits per heavy atom. The van der Waals surface area contributed by atoms with Gasteiger partial charge in [0.1, 0.15) is 0 Å². The van der Waals surface area contributed by atoms with E-state index in [4.69, 9.17) is 19.6 Å². The summed E-state index contributed by atoms with van der Waals surface area (Å²) >= 11 is 0. The summed E-state index contributed by atoms with van der Waals surface area (Å²) in [6.45, 7) is 3.99. The van der Waals surface area contributed by atoms with Gasteiger partial charge >= 0.3 is 23.5 Å². The Hall–Kier alpha value is 0.410. The van der Waals surface area contributed by atoms with Crippen molar-refractivity contribution >= 4 is 23.5 Å². The number of phosphoric acid groups is 3. The fourth-order valence-corrected chi connectivity index (χ4v) is 4.89. The zero-order chi connectivity index (χ0) is 18.1. The summed E-state index contributed by atoms with van der Waals surface area (Å²) in [5, 5.41) is 0. The van der Waals surface area contributed by atoms with Crippen LogP contribution in [0.2, 0.25) is 0 Å². The van der Waals surface area contributed by atoms with Crippen LogP contribution >= 0.6 is 23.5 Å². The molecule has 0 amide bonds. The normalized spacial score (nSPS) is 13.7. The van der Waals surface area contributed by atoms with Crippen LogP contribution in [0.4, 0.5) is 0 Å². The maximum absolute atomic E-state index is 11.8. The predicted octanol–water partition coefficient (Wildman–Crippen LogP) is 3.33. The SMILES string of the molecule is CC(C)CCCCCCCOP(=O)(OP(=O)(O)O)OP(=O)(O)O. The highest BCUT2D eigenvalue weighted by atomic mass is 31.3. The van der Waals surface area contributed by atoms with E-state index < -0.39 is 23.5 Å². The maximum atomic E-state index is 11.8. The summed E-state index contributed by atoms with van der Waals surface area (Å²) in [6, 6.07) is 0. The van der Waals surface area contributed by atoms with E-state index in [1.165, 1.54) is 0 Å². The third-order valence-corrected chi connectivity index (χ3v) is 6.39. The molecule has 0 radical (unpaired) electrons. The van der Waals surface area contributed by atoms with Gasteiger partial charge in [0.25, 0.3) is 0 Å². The van der Waals surface area contributed by atoms with Crippen LogP contribution in [0.1, 0.15) is 52.4 Å². The van der Waals surface area contributed by atoms with Crippen molar-refractivity contribution in [1.82, 2.24) is 0 Å². The van der Waals surface area contributed by atoms with Crippen LogP contribution in [-0.2, 0) is 26.8 Å². The van der Waals surface area contributed by atoms with Crippen LogP contribution in [0.15, 0.2) is 0 Å². The Kier molecular flexibility index (Phi) is 10.6. The van der Waals surface area contributed by atoms with Crippen molar-refractivity contribution < 1.29 is 46.4 Å². The zero-order valence-electron chi connectivity index (χ0n) is 13.1. The van der Waals surface area contributed by atoms with E-state index in [0.717, 1.165) is 25.7 Å². The summed E-state index contributed by atoms with van der Waals surface area (Å²) in [6.07, 6.45) is 5.18. The molecule has 0 aromatic carbocycles. The quantitative estimate of drug-likeness (QED) is 0.268. The first kappa shape index (κ1) is 23.4. The van der Waals surface area contributed by atoms with Crippen LogP contribution in [-0.4, -0.2) is 26.2 Å². The lowest BCUT2D eigenvalue weighted by Crippen LogP contribution is -2.00. The fourth-order valence-electron chi connectivity index (χ4n) is 1.68. The van der Waals surface area contributed by atoms with Gasteiger partial charge in [0.05, 0.1) is 6.61 Å². The molecule has 0 heterocycles. The third-order valence-electron chi connectivity index (χ3n) is 2.59. The first-order valence-electron chi connectivity index (χ1n) is 7.11. The molecule has 0 aliphatic carbocycles. The summed E-state index contributed by atoms with van der Waals surface area (Å²) in [7, 11) is -15.7. The minimum atomic E-state index is -5.31. The molecule has 0 fully saturated rings. The van der Waals surface area contributed by atoms with E-state index in [-0.39, 0.29) is 6.61 Å². The lowest BCUT2D eigenvalue weighted by Gasteiger charge is -2.18. The molecular formula is C10H25O10P3. The van der Waals surface area contributed by atoms with Crippen molar-refractivity contribution in [2.45, 2.75) is 52.4 Å². The fraction of sp³-hybridized carbons (Fsp3) is 1.00. The Balaban J connectivity index is 4.19. The molecule has 13 heteroatoms. The molecule has 10 nitrogen and oxygen atoms in total. The predicted molar refractivity (Wildman–Crippen MR) is 82.4 cm³/mol. The molecule has 0 spiro atoms. The van der Waals surface area contributed by atoms with Gasteiger partial charge in [-0.3, -0.25) is 4.52 Å². The van der Waals surface area contributed by atoms with Gasteiger partial charge < -0.3 is 19.6 Å². The Labute approximate surface area is 135 Å². The molecule has 140 valence electrons. The summed E-state index contributed by atoms with van der Waals surface area (Å²) in [4.78, 5) is 34.4. The number of unbranched alkanes of at least 4 members (excludes halogenated alkanes) is 4. The summed E-state index contributed by atoms with van der Waals surface area (Å²) in [5.41, 5.74) is 0. The molecule has 0 aliphatic heterocycles. The Morgan fingerprint density at radius 2 is 1.22 bits per heavy atom. The van der Waals surface area contributed by atoms with Crippen molar-refractivity contribution in [2.75, 3.05) is 6.61 Å². The molecule has 0 unspecified atom stereocenters. The molecule has 0 atom stereocenters. The van der Waals surface area contributed by atoms with Gasteiger partial charge in [-0.1, -0.05) is 46.0 Å². The average molecular weight is 398 g/mol.